The Hall–Kier alpha value is -2.37. The third-order valence-electron chi connectivity index (χ3n) is 4.56. The molecule has 1 aromatic carbocycles. The second-order valence-corrected chi connectivity index (χ2v) is 7.89. The zero-order valence-electron chi connectivity index (χ0n) is 16.8. The van der Waals surface area contributed by atoms with Crippen LogP contribution >= 0.6 is 0 Å². The fourth-order valence-corrected chi connectivity index (χ4v) is 3.18. The topological polar surface area (TPSA) is 69.7 Å². The van der Waals surface area contributed by atoms with Crippen LogP contribution in [0, 0.1) is 5.92 Å². The number of rotatable bonds is 5. The fourth-order valence-electron chi connectivity index (χ4n) is 3.18. The van der Waals surface area contributed by atoms with E-state index >= 15 is 0 Å². The summed E-state index contributed by atoms with van der Waals surface area (Å²) in [7, 11) is 0. The van der Waals surface area contributed by atoms with Crippen molar-refractivity contribution >= 4 is 17.7 Å². The number of benzene rings is 1. The van der Waals surface area contributed by atoms with Gasteiger partial charge in [-0.25, -0.2) is 0 Å². The van der Waals surface area contributed by atoms with E-state index in [2.05, 4.69) is 31.3 Å². The van der Waals surface area contributed by atoms with E-state index in [1.807, 2.05) is 26.0 Å². The highest BCUT2D eigenvalue weighted by atomic mass is 16.2. The molecule has 1 aliphatic rings. The highest BCUT2D eigenvalue weighted by Gasteiger charge is 2.27. The van der Waals surface area contributed by atoms with Crippen molar-refractivity contribution in [3.05, 3.63) is 35.4 Å². The summed E-state index contributed by atoms with van der Waals surface area (Å²) in [5.41, 5.74) is 2.29. The van der Waals surface area contributed by atoms with Crippen molar-refractivity contribution in [2.75, 3.05) is 26.2 Å². The van der Waals surface area contributed by atoms with Crippen LogP contribution in [0.1, 0.15) is 38.8 Å². The van der Waals surface area contributed by atoms with Crippen LogP contribution in [0.2, 0.25) is 0 Å². The van der Waals surface area contributed by atoms with Crippen molar-refractivity contribution in [2.45, 2.75) is 46.6 Å². The van der Waals surface area contributed by atoms with Gasteiger partial charge in [-0.05, 0) is 37.3 Å². The summed E-state index contributed by atoms with van der Waals surface area (Å²) in [5.74, 6) is -0.424. The second kappa shape index (κ2) is 9.53. The summed E-state index contributed by atoms with van der Waals surface area (Å²) in [6.45, 7) is 9.72. The number of carbonyl (C=O) groups excluding carboxylic acids is 3. The molecule has 1 aliphatic heterocycles. The Bertz CT molecular complexity index is 660. The molecule has 0 radical (unpaired) electrons. The summed E-state index contributed by atoms with van der Waals surface area (Å²) in [4.78, 5) is 39.8. The van der Waals surface area contributed by atoms with E-state index in [-0.39, 0.29) is 11.9 Å². The van der Waals surface area contributed by atoms with Crippen LogP contribution in [-0.2, 0) is 27.2 Å². The van der Waals surface area contributed by atoms with Crippen molar-refractivity contribution < 1.29 is 14.4 Å². The molecule has 2 rings (SSSR count). The third kappa shape index (κ3) is 6.38. The minimum absolute atomic E-state index is 0.0605. The summed E-state index contributed by atoms with van der Waals surface area (Å²) in [5, 5.41) is 2.61. The molecule has 1 heterocycles. The molecule has 3 amide bonds. The Labute approximate surface area is 161 Å². The van der Waals surface area contributed by atoms with Crippen molar-refractivity contribution in [3.8, 4) is 0 Å². The minimum Gasteiger partial charge on any atom is -0.346 e. The highest BCUT2D eigenvalue weighted by molar-refractivity contribution is 6.35. The molecule has 1 fully saturated rings. The Balaban J connectivity index is 1.82. The first-order chi connectivity index (χ1) is 12.8. The monoisotopic (exact) mass is 373 g/mol. The maximum absolute atomic E-state index is 12.5. The maximum atomic E-state index is 12.5. The first kappa shape index (κ1) is 20.9. The van der Waals surface area contributed by atoms with Crippen molar-refractivity contribution in [1.29, 1.82) is 0 Å². The molecular weight excluding hydrogens is 342 g/mol. The molecule has 6 nitrogen and oxygen atoms in total. The smallest absolute Gasteiger partial charge is 0.312 e. The molecular formula is C21H31N3O3. The predicted molar refractivity (Wildman–Crippen MR) is 105 cm³/mol. The van der Waals surface area contributed by atoms with Crippen molar-refractivity contribution in [1.82, 2.24) is 15.1 Å². The molecule has 27 heavy (non-hydrogen) atoms. The zero-order valence-corrected chi connectivity index (χ0v) is 16.8. The third-order valence-corrected chi connectivity index (χ3v) is 4.56. The first-order valence-corrected chi connectivity index (χ1v) is 9.71. The van der Waals surface area contributed by atoms with Crippen LogP contribution in [0.4, 0.5) is 0 Å². The van der Waals surface area contributed by atoms with E-state index in [4.69, 9.17) is 0 Å². The van der Waals surface area contributed by atoms with Gasteiger partial charge in [0.05, 0.1) is 6.42 Å². The minimum atomic E-state index is -0.578. The standard InChI is InChI=1S/C21H31N3O3/c1-15(2)13-17-5-7-18(8-6-17)14-19(25)23-9-11-24(12-10-23)21(27)20(26)22-16(3)4/h5-8,15-16H,9-14H2,1-4H3,(H,22,26). The van der Waals surface area contributed by atoms with Gasteiger partial charge in [-0.15, -0.1) is 0 Å². The predicted octanol–water partition coefficient (Wildman–Crippen LogP) is 1.62. The number of hydrogen-bond donors (Lipinski definition) is 1. The van der Waals surface area contributed by atoms with E-state index in [1.54, 1.807) is 4.90 Å². The Kier molecular flexibility index (Phi) is 7.39. The van der Waals surface area contributed by atoms with Gasteiger partial charge in [-0.2, -0.15) is 0 Å². The SMILES string of the molecule is CC(C)Cc1ccc(CC(=O)N2CCN(C(=O)C(=O)NC(C)C)CC2)cc1. The lowest BCUT2D eigenvalue weighted by molar-refractivity contribution is -0.148. The summed E-state index contributed by atoms with van der Waals surface area (Å²) in [6, 6.07) is 8.15. The molecule has 0 unspecified atom stereocenters. The lowest BCUT2D eigenvalue weighted by Gasteiger charge is -2.34. The van der Waals surface area contributed by atoms with E-state index in [1.165, 1.54) is 10.5 Å². The summed E-state index contributed by atoms with van der Waals surface area (Å²) >= 11 is 0. The summed E-state index contributed by atoms with van der Waals surface area (Å²) < 4.78 is 0. The van der Waals surface area contributed by atoms with Crippen LogP contribution in [-0.4, -0.2) is 59.7 Å². The maximum Gasteiger partial charge on any atom is 0.312 e. The Morgan fingerprint density at radius 2 is 1.41 bits per heavy atom. The molecule has 148 valence electrons. The van der Waals surface area contributed by atoms with E-state index in [9.17, 15) is 14.4 Å². The van der Waals surface area contributed by atoms with Crippen molar-refractivity contribution in [3.63, 3.8) is 0 Å². The van der Waals surface area contributed by atoms with Crippen LogP contribution in [0.25, 0.3) is 0 Å². The van der Waals surface area contributed by atoms with Crippen LogP contribution in [0.15, 0.2) is 24.3 Å². The van der Waals surface area contributed by atoms with E-state index in [0.717, 1.165) is 12.0 Å². The lowest BCUT2D eigenvalue weighted by atomic mass is 10.0. The lowest BCUT2D eigenvalue weighted by Crippen LogP contribution is -2.54. The largest absolute Gasteiger partial charge is 0.346 e. The molecule has 0 atom stereocenters. The average molecular weight is 373 g/mol. The van der Waals surface area contributed by atoms with E-state index in [0.29, 0.717) is 38.5 Å². The summed E-state index contributed by atoms with van der Waals surface area (Å²) in [6.07, 6.45) is 1.40. The van der Waals surface area contributed by atoms with E-state index < -0.39 is 11.8 Å². The normalized spacial score (nSPS) is 14.6. The van der Waals surface area contributed by atoms with Gasteiger partial charge in [0.2, 0.25) is 5.91 Å². The first-order valence-electron chi connectivity index (χ1n) is 9.71. The zero-order chi connectivity index (χ0) is 20.0. The number of amides is 3. The number of carbonyl (C=O) groups is 3. The van der Waals surface area contributed by atoms with Gasteiger partial charge in [0.25, 0.3) is 0 Å². The molecule has 0 aliphatic carbocycles. The number of piperazine rings is 1. The molecule has 1 aromatic rings. The Morgan fingerprint density at radius 1 is 0.889 bits per heavy atom. The van der Waals surface area contributed by atoms with Crippen molar-refractivity contribution in [2.24, 2.45) is 5.92 Å². The number of nitrogens with zero attached hydrogens (tertiary/aromatic N) is 2. The molecule has 0 saturated carbocycles. The van der Waals surface area contributed by atoms with Crippen LogP contribution in [0.5, 0.6) is 0 Å². The van der Waals surface area contributed by atoms with Gasteiger partial charge in [0.15, 0.2) is 0 Å². The molecule has 1 N–H and O–H groups in total. The fraction of sp³-hybridized carbons (Fsp3) is 0.571. The highest BCUT2D eigenvalue weighted by Crippen LogP contribution is 2.12. The van der Waals surface area contributed by atoms with Gasteiger partial charge in [0.1, 0.15) is 0 Å². The number of nitrogens with one attached hydrogen (secondary N) is 1. The molecule has 0 aromatic heterocycles. The number of hydrogen-bond acceptors (Lipinski definition) is 3. The average Bonchev–Trinajstić information content (AvgIpc) is 2.62. The van der Waals surface area contributed by atoms with Gasteiger partial charge in [-0.1, -0.05) is 38.1 Å². The van der Waals surface area contributed by atoms with Gasteiger partial charge < -0.3 is 15.1 Å². The molecule has 1 saturated heterocycles. The molecule has 6 heteroatoms. The van der Waals surface area contributed by atoms with Crippen LogP contribution < -0.4 is 5.32 Å². The van der Waals surface area contributed by atoms with Gasteiger partial charge >= 0.3 is 11.8 Å². The Morgan fingerprint density at radius 3 is 1.93 bits per heavy atom. The van der Waals surface area contributed by atoms with Crippen LogP contribution in [0.3, 0.4) is 0 Å². The molecule has 0 spiro atoms. The van der Waals surface area contributed by atoms with Gasteiger partial charge in [0, 0.05) is 32.2 Å². The quantitative estimate of drug-likeness (QED) is 0.798. The molecule has 0 bridgehead atoms. The van der Waals surface area contributed by atoms with Gasteiger partial charge in [-0.3, -0.25) is 14.4 Å². The second-order valence-electron chi connectivity index (χ2n) is 7.89.